The minimum absolute atomic E-state index is 0.141. The molecule has 0 bridgehead atoms. The van der Waals surface area contributed by atoms with Gasteiger partial charge in [-0.2, -0.15) is 0 Å². The molecule has 1 unspecified atom stereocenters. The number of aromatic nitrogens is 2. The summed E-state index contributed by atoms with van der Waals surface area (Å²) in [5, 5.41) is 2.76. The van der Waals surface area contributed by atoms with Crippen LogP contribution in [-0.4, -0.2) is 34.6 Å². The fourth-order valence-electron chi connectivity index (χ4n) is 2.03. The first-order valence-corrected chi connectivity index (χ1v) is 7.10. The highest BCUT2D eigenvalue weighted by molar-refractivity contribution is 5.84. The Hall–Kier alpha value is -1.85. The predicted molar refractivity (Wildman–Crippen MR) is 79.6 cm³/mol. The summed E-state index contributed by atoms with van der Waals surface area (Å²) in [6.07, 6.45) is 4.68. The van der Waals surface area contributed by atoms with Gasteiger partial charge in [0, 0.05) is 25.4 Å². The van der Waals surface area contributed by atoms with Crippen molar-refractivity contribution in [2.24, 2.45) is 5.41 Å². The van der Waals surface area contributed by atoms with Crippen LogP contribution in [0.2, 0.25) is 0 Å². The molecule has 21 heavy (non-hydrogen) atoms. The van der Waals surface area contributed by atoms with Gasteiger partial charge in [0.2, 0.25) is 5.91 Å². The van der Waals surface area contributed by atoms with E-state index >= 15 is 0 Å². The first-order valence-electron chi connectivity index (χ1n) is 7.10. The molecule has 0 radical (unpaired) electrons. The van der Waals surface area contributed by atoms with Gasteiger partial charge in [-0.3, -0.25) is 4.79 Å². The molecule has 1 rings (SSSR count). The maximum absolute atomic E-state index is 12.0. The van der Waals surface area contributed by atoms with Crippen LogP contribution in [0.25, 0.3) is 0 Å². The number of nitrogens with zero attached hydrogens (tertiary/aromatic N) is 2. The quantitative estimate of drug-likeness (QED) is 0.810. The smallest absolute Gasteiger partial charge is 0.328 e. The third kappa shape index (κ3) is 5.21. The summed E-state index contributed by atoms with van der Waals surface area (Å²) in [7, 11) is 1.33. The van der Waals surface area contributed by atoms with Crippen molar-refractivity contribution < 1.29 is 14.3 Å². The molecule has 0 aromatic carbocycles. The summed E-state index contributed by atoms with van der Waals surface area (Å²) in [5.74, 6) is 0.372. The van der Waals surface area contributed by atoms with Crippen LogP contribution in [0.1, 0.15) is 39.4 Å². The van der Waals surface area contributed by atoms with Gasteiger partial charge in [-0.15, -0.1) is 0 Å². The van der Waals surface area contributed by atoms with Crippen molar-refractivity contribution in [2.75, 3.05) is 7.11 Å². The van der Waals surface area contributed by atoms with E-state index in [2.05, 4.69) is 10.3 Å². The van der Waals surface area contributed by atoms with Crippen LogP contribution in [0.5, 0.6) is 0 Å². The van der Waals surface area contributed by atoms with E-state index in [9.17, 15) is 9.59 Å². The topological polar surface area (TPSA) is 73.2 Å². The Morgan fingerprint density at radius 2 is 2.10 bits per heavy atom. The molecular formula is C15H25N3O3. The molecule has 0 aliphatic carbocycles. The van der Waals surface area contributed by atoms with Crippen LogP contribution >= 0.6 is 0 Å². The van der Waals surface area contributed by atoms with E-state index in [1.165, 1.54) is 7.11 Å². The molecule has 0 aliphatic heterocycles. The highest BCUT2D eigenvalue weighted by Gasteiger charge is 2.33. The fourth-order valence-corrected chi connectivity index (χ4v) is 2.03. The van der Waals surface area contributed by atoms with E-state index in [0.29, 0.717) is 12.8 Å². The number of esters is 1. The largest absolute Gasteiger partial charge is 0.467 e. The fraction of sp³-hybridized carbons (Fsp3) is 0.667. The molecule has 0 saturated carbocycles. The van der Waals surface area contributed by atoms with Crippen molar-refractivity contribution in [1.82, 2.24) is 14.9 Å². The first-order chi connectivity index (χ1) is 9.75. The van der Waals surface area contributed by atoms with Gasteiger partial charge >= 0.3 is 5.97 Å². The Bertz CT molecular complexity index is 489. The number of ether oxygens (including phenoxy) is 1. The monoisotopic (exact) mass is 295 g/mol. The zero-order valence-electron chi connectivity index (χ0n) is 13.5. The zero-order chi connectivity index (χ0) is 16.0. The van der Waals surface area contributed by atoms with Gasteiger partial charge in [-0.05, 0) is 18.8 Å². The molecule has 118 valence electrons. The van der Waals surface area contributed by atoms with Gasteiger partial charge < -0.3 is 14.6 Å². The van der Waals surface area contributed by atoms with Crippen molar-refractivity contribution in [3.05, 3.63) is 18.2 Å². The second-order valence-electron chi connectivity index (χ2n) is 6.16. The molecule has 6 nitrogen and oxygen atoms in total. The van der Waals surface area contributed by atoms with Crippen LogP contribution in [-0.2, 0) is 20.9 Å². The molecule has 1 aromatic heterocycles. The van der Waals surface area contributed by atoms with Crippen molar-refractivity contribution >= 4 is 11.9 Å². The number of hydrogen-bond acceptors (Lipinski definition) is 4. The lowest BCUT2D eigenvalue weighted by molar-refractivity contribution is -0.148. The Kier molecular flexibility index (Phi) is 5.93. The number of amides is 1. The molecule has 1 atom stereocenters. The zero-order valence-corrected chi connectivity index (χ0v) is 13.5. The number of imidazole rings is 1. The van der Waals surface area contributed by atoms with Crippen LogP contribution in [0, 0.1) is 12.3 Å². The van der Waals surface area contributed by atoms with Gasteiger partial charge in [0.1, 0.15) is 11.9 Å². The van der Waals surface area contributed by atoms with Crippen molar-refractivity contribution in [2.45, 2.75) is 53.1 Å². The third-order valence-corrected chi connectivity index (χ3v) is 3.33. The van der Waals surface area contributed by atoms with E-state index in [-0.39, 0.29) is 11.3 Å². The van der Waals surface area contributed by atoms with Gasteiger partial charge in [0.25, 0.3) is 0 Å². The normalized spacial score (nSPS) is 12.8. The predicted octanol–water partition coefficient (Wildman–Crippen LogP) is 1.68. The standard InChI is InChI=1S/C15H25N3O3/c1-11-16-8-10-18(11)9-6-7-12(19)17-13(14(20)21-5)15(2,3)4/h8,10,13H,6-7,9H2,1-5H3,(H,17,19). The van der Waals surface area contributed by atoms with Crippen LogP contribution in [0.3, 0.4) is 0 Å². The molecule has 1 N–H and O–H groups in total. The van der Waals surface area contributed by atoms with Crippen molar-refractivity contribution in [1.29, 1.82) is 0 Å². The number of hydrogen-bond donors (Lipinski definition) is 1. The van der Waals surface area contributed by atoms with E-state index in [4.69, 9.17) is 4.74 Å². The van der Waals surface area contributed by atoms with E-state index in [0.717, 1.165) is 12.4 Å². The number of carbonyl (C=O) groups excluding carboxylic acids is 2. The van der Waals surface area contributed by atoms with Gasteiger partial charge in [0.15, 0.2) is 0 Å². The molecule has 1 amide bonds. The Morgan fingerprint density at radius 1 is 1.43 bits per heavy atom. The lowest BCUT2D eigenvalue weighted by Gasteiger charge is -2.29. The van der Waals surface area contributed by atoms with Crippen LogP contribution in [0.4, 0.5) is 0 Å². The van der Waals surface area contributed by atoms with Crippen molar-refractivity contribution in [3.63, 3.8) is 0 Å². The van der Waals surface area contributed by atoms with Crippen LogP contribution < -0.4 is 5.32 Å². The number of aryl methyl sites for hydroxylation is 2. The minimum atomic E-state index is -0.634. The molecule has 0 aliphatic rings. The molecule has 0 saturated heterocycles. The average Bonchev–Trinajstić information content (AvgIpc) is 2.79. The first kappa shape index (κ1) is 17.2. The average molecular weight is 295 g/mol. The van der Waals surface area contributed by atoms with Crippen molar-refractivity contribution in [3.8, 4) is 0 Å². The van der Waals surface area contributed by atoms with Gasteiger partial charge in [-0.1, -0.05) is 20.8 Å². The lowest BCUT2D eigenvalue weighted by Crippen LogP contribution is -2.49. The molecule has 0 spiro atoms. The maximum Gasteiger partial charge on any atom is 0.328 e. The lowest BCUT2D eigenvalue weighted by atomic mass is 9.86. The molecular weight excluding hydrogens is 270 g/mol. The molecule has 1 aromatic rings. The summed E-state index contributed by atoms with van der Waals surface area (Å²) in [6, 6.07) is -0.634. The number of nitrogens with one attached hydrogen (secondary N) is 1. The van der Waals surface area contributed by atoms with Gasteiger partial charge in [0.05, 0.1) is 7.11 Å². The highest BCUT2D eigenvalue weighted by Crippen LogP contribution is 2.20. The molecule has 6 heteroatoms. The third-order valence-electron chi connectivity index (χ3n) is 3.33. The number of rotatable bonds is 6. The Balaban J connectivity index is 2.47. The highest BCUT2D eigenvalue weighted by atomic mass is 16.5. The second-order valence-corrected chi connectivity index (χ2v) is 6.16. The Labute approximate surface area is 125 Å². The second kappa shape index (κ2) is 7.24. The minimum Gasteiger partial charge on any atom is -0.467 e. The van der Waals surface area contributed by atoms with E-state index in [1.807, 2.05) is 38.5 Å². The molecule has 1 heterocycles. The number of carbonyl (C=O) groups is 2. The van der Waals surface area contributed by atoms with Gasteiger partial charge in [-0.25, -0.2) is 9.78 Å². The molecule has 0 fully saturated rings. The Morgan fingerprint density at radius 3 is 2.57 bits per heavy atom. The summed E-state index contributed by atoms with van der Waals surface area (Å²) in [6.45, 7) is 8.34. The summed E-state index contributed by atoms with van der Waals surface area (Å²) in [5.41, 5.74) is -0.385. The van der Waals surface area contributed by atoms with Crippen LogP contribution in [0.15, 0.2) is 12.4 Å². The SMILES string of the molecule is COC(=O)C(NC(=O)CCCn1ccnc1C)C(C)(C)C. The summed E-state index contributed by atoms with van der Waals surface area (Å²) < 4.78 is 6.75. The van der Waals surface area contributed by atoms with E-state index < -0.39 is 12.0 Å². The summed E-state index contributed by atoms with van der Waals surface area (Å²) in [4.78, 5) is 27.9. The van der Waals surface area contributed by atoms with E-state index in [1.54, 1.807) is 6.20 Å². The summed E-state index contributed by atoms with van der Waals surface area (Å²) >= 11 is 0. The number of methoxy groups -OCH3 is 1. The maximum atomic E-state index is 12.0.